The molecule has 0 bridgehead atoms. The quantitative estimate of drug-likeness (QED) is 0.446. The molecule has 1 saturated carbocycles. The van der Waals surface area contributed by atoms with Crippen molar-refractivity contribution in [3.8, 4) is 0 Å². The highest BCUT2D eigenvalue weighted by Crippen LogP contribution is 2.37. The smallest absolute Gasteiger partial charge is 0.346 e. The number of hydrogen-bond donors (Lipinski definition) is 0. The highest BCUT2D eigenvalue weighted by molar-refractivity contribution is 14.1. The molecule has 0 aromatic rings. The number of ether oxygens (including phenoxy) is 1. The van der Waals surface area contributed by atoms with Crippen molar-refractivity contribution in [1.82, 2.24) is 0 Å². The molecular formula is C12H15IO4. The van der Waals surface area contributed by atoms with Gasteiger partial charge in [0.05, 0.1) is 0 Å². The van der Waals surface area contributed by atoms with E-state index in [9.17, 15) is 9.59 Å². The third-order valence-electron chi connectivity index (χ3n) is 3.46. The number of carbonyl (C=O) groups is 2. The minimum Gasteiger partial charge on any atom is -0.450 e. The summed E-state index contributed by atoms with van der Waals surface area (Å²) in [6.07, 6.45) is 5.27. The number of cyclic esters (lactones) is 1. The second kappa shape index (κ2) is 5.37. The molecule has 0 radical (unpaired) electrons. The van der Waals surface area contributed by atoms with E-state index in [1.165, 1.54) is 13.3 Å². The molecule has 0 spiro atoms. The zero-order valence-corrected chi connectivity index (χ0v) is 11.9. The molecule has 0 aromatic heterocycles. The number of hydrogen-bond acceptors (Lipinski definition) is 4. The van der Waals surface area contributed by atoms with Crippen molar-refractivity contribution < 1.29 is 17.4 Å². The largest absolute Gasteiger partial charge is 0.450 e. The zero-order valence-electron chi connectivity index (χ0n) is 9.70. The van der Waals surface area contributed by atoms with Gasteiger partial charge in [0, 0.05) is 5.92 Å². The van der Waals surface area contributed by atoms with E-state index in [0.717, 1.165) is 25.7 Å². The van der Waals surface area contributed by atoms with Crippen LogP contribution in [0, 0.1) is 5.92 Å². The molecule has 94 valence electrons. The molecule has 1 heterocycles. The average Bonchev–Trinajstić information content (AvgIpc) is 2.67. The molecule has 4 nitrogen and oxygen atoms in total. The molecule has 1 unspecified atom stereocenters. The van der Waals surface area contributed by atoms with Gasteiger partial charge in [0.1, 0.15) is 5.57 Å². The summed E-state index contributed by atoms with van der Waals surface area (Å²) in [4.78, 5) is 23.1. The summed E-state index contributed by atoms with van der Waals surface area (Å²) >= 11 is 1.72. The minimum absolute atomic E-state index is 0.0926. The van der Waals surface area contributed by atoms with Gasteiger partial charge in [0.25, 0.3) is 0 Å². The van der Waals surface area contributed by atoms with Crippen LogP contribution in [0.2, 0.25) is 0 Å². The average molecular weight is 350 g/mol. The SMILES string of the molecule is CC(=O)C1=C(OI)C(C2CCCCC2)OC1=O. The van der Waals surface area contributed by atoms with E-state index in [-0.39, 0.29) is 17.5 Å². The topological polar surface area (TPSA) is 52.6 Å². The lowest BCUT2D eigenvalue weighted by molar-refractivity contribution is -0.143. The predicted molar refractivity (Wildman–Crippen MR) is 69.3 cm³/mol. The predicted octanol–water partition coefficient (Wildman–Crippen LogP) is 2.70. The lowest BCUT2D eigenvalue weighted by Gasteiger charge is -2.26. The normalized spacial score (nSPS) is 26.0. The fourth-order valence-electron chi connectivity index (χ4n) is 2.62. The summed E-state index contributed by atoms with van der Waals surface area (Å²) < 4.78 is 10.5. The van der Waals surface area contributed by atoms with Gasteiger partial charge in [-0.05, 0) is 19.8 Å². The Kier molecular flexibility index (Phi) is 4.06. The first kappa shape index (κ1) is 12.9. The van der Waals surface area contributed by atoms with Crippen LogP contribution in [-0.4, -0.2) is 17.9 Å². The molecule has 1 aliphatic heterocycles. The lowest BCUT2D eigenvalue weighted by Crippen LogP contribution is -2.25. The number of rotatable bonds is 3. The molecule has 17 heavy (non-hydrogen) atoms. The monoisotopic (exact) mass is 350 g/mol. The molecule has 0 saturated heterocycles. The summed E-state index contributed by atoms with van der Waals surface area (Å²) in [5.74, 6) is -0.0796. The number of esters is 1. The van der Waals surface area contributed by atoms with Crippen molar-refractivity contribution >= 4 is 34.8 Å². The van der Waals surface area contributed by atoms with Gasteiger partial charge < -0.3 is 7.80 Å². The Hall–Kier alpha value is -0.590. The van der Waals surface area contributed by atoms with E-state index in [0.29, 0.717) is 11.7 Å². The fraction of sp³-hybridized carbons (Fsp3) is 0.667. The molecule has 0 amide bonds. The lowest BCUT2D eigenvalue weighted by atomic mass is 9.84. The van der Waals surface area contributed by atoms with Crippen molar-refractivity contribution in [3.05, 3.63) is 11.3 Å². The van der Waals surface area contributed by atoms with Gasteiger partial charge in [-0.25, -0.2) is 4.79 Å². The molecular weight excluding hydrogens is 335 g/mol. The highest BCUT2D eigenvalue weighted by atomic mass is 127. The Morgan fingerprint density at radius 3 is 2.53 bits per heavy atom. The van der Waals surface area contributed by atoms with Gasteiger partial charge in [0.15, 0.2) is 40.7 Å². The highest BCUT2D eigenvalue weighted by Gasteiger charge is 2.42. The fourth-order valence-corrected chi connectivity index (χ4v) is 3.09. The van der Waals surface area contributed by atoms with E-state index in [4.69, 9.17) is 7.80 Å². The summed E-state index contributed by atoms with van der Waals surface area (Å²) in [5.41, 5.74) is 0.0926. The van der Waals surface area contributed by atoms with Crippen LogP contribution in [0.15, 0.2) is 11.3 Å². The van der Waals surface area contributed by atoms with Crippen molar-refractivity contribution in [1.29, 1.82) is 0 Å². The maximum Gasteiger partial charge on any atom is 0.346 e. The van der Waals surface area contributed by atoms with Crippen LogP contribution in [0.25, 0.3) is 0 Å². The molecule has 1 atom stereocenters. The standard InChI is InChI=1S/C12H15IO4/c1-7(14)9-11(17-13)10(16-12(9)15)8-5-3-2-4-6-8/h8,10H,2-6H2,1H3. The maximum absolute atomic E-state index is 11.7. The number of halogens is 1. The second-order valence-corrected chi connectivity index (χ2v) is 5.04. The van der Waals surface area contributed by atoms with E-state index in [1.807, 2.05) is 0 Å². The number of Topliss-reactive ketones (excluding diaryl/α,β-unsaturated/α-hetero) is 1. The van der Waals surface area contributed by atoms with Gasteiger partial charge in [-0.15, -0.1) is 0 Å². The van der Waals surface area contributed by atoms with Crippen molar-refractivity contribution in [2.45, 2.75) is 45.1 Å². The van der Waals surface area contributed by atoms with Gasteiger partial charge in [-0.3, -0.25) is 4.79 Å². The van der Waals surface area contributed by atoms with Crippen LogP contribution in [-0.2, 0) is 17.4 Å². The van der Waals surface area contributed by atoms with E-state index < -0.39 is 5.97 Å². The van der Waals surface area contributed by atoms with Crippen LogP contribution < -0.4 is 0 Å². The second-order valence-electron chi connectivity index (χ2n) is 4.60. The van der Waals surface area contributed by atoms with Crippen molar-refractivity contribution in [3.63, 3.8) is 0 Å². The first-order chi connectivity index (χ1) is 8.15. The number of carbonyl (C=O) groups excluding carboxylic acids is 2. The summed E-state index contributed by atoms with van der Waals surface area (Å²) in [6.45, 7) is 1.37. The van der Waals surface area contributed by atoms with Crippen LogP contribution in [0.4, 0.5) is 0 Å². The van der Waals surface area contributed by atoms with Crippen LogP contribution >= 0.6 is 23.0 Å². The Labute approximate surface area is 114 Å². The third kappa shape index (κ3) is 2.48. The van der Waals surface area contributed by atoms with Crippen LogP contribution in [0.5, 0.6) is 0 Å². The maximum atomic E-state index is 11.7. The molecule has 0 aromatic carbocycles. The first-order valence-electron chi connectivity index (χ1n) is 5.90. The Balaban J connectivity index is 2.24. The zero-order chi connectivity index (χ0) is 12.4. The van der Waals surface area contributed by atoms with E-state index >= 15 is 0 Å². The summed E-state index contributed by atoms with van der Waals surface area (Å²) in [5, 5.41) is 0. The van der Waals surface area contributed by atoms with Gasteiger partial charge >= 0.3 is 5.97 Å². The van der Waals surface area contributed by atoms with E-state index in [1.54, 1.807) is 23.0 Å². The molecule has 5 heteroatoms. The number of ketones is 1. The van der Waals surface area contributed by atoms with Gasteiger partial charge in [0.2, 0.25) is 0 Å². The van der Waals surface area contributed by atoms with Crippen molar-refractivity contribution in [2.75, 3.05) is 0 Å². The Morgan fingerprint density at radius 1 is 1.35 bits per heavy atom. The summed E-state index contributed by atoms with van der Waals surface area (Å²) in [7, 11) is 0. The summed E-state index contributed by atoms with van der Waals surface area (Å²) in [6, 6.07) is 0. The molecule has 1 aliphatic carbocycles. The molecule has 0 N–H and O–H groups in total. The van der Waals surface area contributed by atoms with Gasteiger partial charge in [-0.1, -0.05) is 19.3 Å². The Morgan fingerprint density at radius 2 is 2.00 bits per heavy atom. The minimum atomic E-state index is -0.528. The van der Waals surface area contributed by atoms with Crippen LogP contribution in [0.3, 0.4) is 0 Å². The molecule has 2 aliphatic rings. The van der Waals surface area contributed by atoms with Crippen LogP contribution in [0.1, 0.15) is 39.0 Å². The third-order valence-corrected chi connectivity index (χ3v) is 3.93. The first-order valence-corrected chi connectivity index (χ1v) is 6.78. The molecule has 1 fully saturated rings. The van der Waals surface area contributed by atoms with E-state index in [2.05, 4.69) is 0 Å². The van der Waals surface area contributed by atoms with Crippen molar-refractivity contribution in [2.24, 2.45) is 5.92 Å². The molecule has 2 rings (SSSR count). The Bertz CT molecular complexity index is 369. The van der Waals surface area contributed by atoms with Gasteiger partial charge in [-0.2, -0.15) is 0 Å².